The lowest BCUT2D eigenvalue weighted by molar-refractivity contribution is -0.122. The summed E-state index contributed by atoms with van der Waals surface area (Å²) in [5.41, 5.74) is 1.30. The average molecular weight is 419 g/mol. The second-order valence-electron chi connectivity index (χ2n) is 6.36. The van der Waals surface area contributed by atoms with Crippen molar-refractivity contribution in [1.82, 2.24) is 4.90 Å². The number of thioether (sulfide) groups is 1. The van der Waals surface area contributed by atoms with Crippen LogP contribution in [0, 0.1) is 0 Å². The van der Waals surface area contributed by atoms with E-state index in [1.165, 1.54) is 22.9 Å². The summed E-state index contributed by atoms with van der Waals surface area (Å²) in [6, 6.07) is 16.8. The molecule has 1 amide bonds. The number of furan rings is 1. The number of nitrogens with zero attached hydrogens (tertiary/aromatic N) is 3. The van der Waals surface area contributed by atoms with Crippen LogP contribution in [0.4, 0.5) is 0 Å². The quantitative estimate of drug-likeness (QED) is 0.367. The molecule has 150 valence electrons. The monoisotopic (exact) mass is 419 g/mol. The minimum Gasteiger partial charge on any atom is -0.508 e. The van der Waals surface area contributed by atoms with E-state index in [4.69, 9.17) is 4.42 Å². The largest absolute Gasteiger partial charge is 0.508 e. The Morgan fingerprint density at radius 2 is 1.83 bits per heavy atom. The highest BCUT2D eigenvalue weighted by atomic mass is 32.2. The highest BCUT2D eigenvalue weighted by Gasteiger charge is 2.34. The van der Waals surface area contributed by atoms with E-state index in [2.05, 4.69) is 10.2 Å². The number of phenols is 2. The Bertz CT molecular complexity index is 1140. The zero-order chi connectivity index (χ0) is 20.9. The predicted molar refractivity (Wildman–Crippen MR) is 116 cm³/mol. The Hall–Kier alpha value is -3.78. The van der Waals surface area contributed by atoms with E-state index in [0.29, 0.717) is 21.4 Å². The summed E-state index contributed by atoms with van der Waals surface area (Å²) in [5.74, 6) is 0.618. The number of rotatable bonds is 5. The van der Waals surface area contributed by atoms with Crippen LogP contribution in [-0.4, -0.2) is 32.4 Å². The smallest absolute Gasteiger partial charge is 0.267 e. The van der Waals surface area contributed by atoms with Crippen molar-refractivity contribution in [2.45, 2.75) is 6.54 Å². The maximum absolute atomic E-state index is 13.0. The van der Waals surface area contributed by atoms with E-state index in [-0.39, 0.29) is 24.0 Å². The van der Waals surface area contributed by atoms with Crippen LogP contribution in [0.1, 0.15) is 16.9 Å². The Balaban J connectivity index is 1.63. The summed E-state index contributed by atoms with van der Waals surface area (Å²) in [6.45, 7) is 0.213. The molecule has 1 aromatic heterocycles. The van der Waals surface area contributed by atoms with Crippen molar-refractivity contribution in [1.29, 1.82) is 0 Å². The van der Waals surface area contributed by atoms with Crippen LogP contribution in [-0.2, 0) is 11.3 Å². The van der Waals surface area contributed by atoms with Gasteiger partial charge in [-0.2, -0.15) is 5.10 Å². The van der Waals surface area contributed by atoms with Crippen molar-refractivity contribution < 1.29 is 19.4 Å². The van der Waals surface area contributed by atoms with E-state index >= 15 is 0 Å². The number of hydrogen-bond donors (Lipinski definition) is 2. The first-order chi connectivity index (χ1) is 14.6. The molecule has 0 spiro atoms. The summed E-state index contributed by atoms with van der Waals surface area (Å²) >= 11 is 1.17. The summed E-state index contributed by atoms with van der Waals surface area (Å²) in [4.78, 5) is 14.9. The molecule has 30 heavy (non-hydrogen) atoms. The fourth-order valence-electron chi connectivity index (χ4n) is 2.74. The molecule has 0 bridgehead atoms. The maximum atomic E-state index is 13.0. The molecule has 1 aliphatic rings. The molecule has 1 saturated heterocycles. The van der Waals surface area contributed by atoms with Crippen LogP contribution in [0.25, 0.3) is 6.08 Å². The summed E-state index contributed by atoms with van der Waals surface area (Å²) in [6.07, 6.45) is 4.71. The fraction of sp³-hybridized carbons (Fsp3) is 0.0455. The molecule has 8 heteroatoms. The fourth-order valence-corrected chi connectivity index (χ4v) is 3.66. The van der Waals surface area contributed by atoms with Crippen molar-refractivity contribution in [3.63, 3.8) is 0 Å². The van der Waals surface area contributed by atoms with Crippen molar-refractivity contribution in [3.8, 4) is 11.5 Å². The van der Waals surface area contributed by atoms with Gasteiger partial charge in [-0.15, -0.1) is 5.10 Å². The zero-order valence-electron chi connectivity index (χ0n) is 15.7. The second kappa shape index (κ2) is 8.71. The minimum atomic E-state index is -0.252. The van der Waals surface area contributed by atoms with E-state index in [1.54, 1.807) is 73.0 Å². The van der Waals surface area contributed by atoms with Crippen LogP contribution in [0.5, 0.6) is 11.5 Å². The Morgan fingerprint density at radius 1 is 1.03 bits per heavy atom. The molecule has 1 fully saturated rings. The van der Waals surface area contributed by atoms with E-state index < -0.39 is 0 Å². The molecular formula is C22H17N3O4S. The molecule has 0 radical (unpaired) electrons. The number of hydrogen-bond acceptors (Lipinski definition) is 7. The molecule has 0 unspecified atom stereocenters. The predicted octanol–water partition coefficient (Wildman–Crippen LogP) is 4.20. The molecule has 0 atom stereocenters. The second-order valence-corrected chi connectivity index (χ2v) is 7.37. The number of para-hydroxylation sites is 1. The van der Waals surface area contributed by atoms with Crippen molar-refractivity contribution in [3.05, 3.63) is 88.7 Å². The van der Waals surface area contributed by atoms with Crippen LogP contribution in [0.2, 0.25) is 0 Å². The van der Waals surface area contributed by atoms with Gasteiger partial charge >= 0.3 is 0 Å². The zero-order valence-corrected chi connectivity index (χ0v) is 16.5. The van der Waals surface area contributed by atoms with Crippen LogP contribution < -0.4 is 0 Å². The summed E-state index contributed by atoms with van der Waals surface area (Å²) in [7, 11) is 0. The summed E-state index contributed by atoms with van der Waals surface area (Å²) < 4.78 is 5.37. The van der Waals surface area contributed by atoms with Crippen LogP contribution in [0.15, 0.2) is 86.5 Å². The first-order valence-corrected chi connectivity index (χ1v) is 9.83. The van der Waals surface area contributed by atoms with Crippen molar-refractivity contribution in [2.24, 2.45) is 10.2 Å². The first-order valence-electron chi connectivity index (χ1n) is 9.02. The summed E-state index contributed by atoms with van der Waals surface area (Å²) in [5, 5.41) is 28.1. The minimum absolute atomic E-state index is 0.0896. The average Bonchev–Trinajstić information content (AvgIpc) is 3.35. The van der Waals surface area contributed by atoms with Gasteiger partial charge in [0.1, 0.15) is 17.3 Å². The molecule has 1 aliphatic heterocycles. The molecule has 0 saturated carbocycles. The van der Waals surface area contributed by atoms with E-state index in [9.17, 15) is 15.0 Å². The number of phenolic OH excluding ortho intramolecular Hbond substituents is 2. The Labute approximate surface area is 176 Å². The number of carbonyl (C=O) groups is 1. The van der Waals surface area contributed by atoms with Gasteiger partial charge in [0.2, 0.25) is 0 Å². The van der Waals surface area contributed by atoms with E-state index in [0.717, 1.165) is 5.56 Å². The standard InChI is InChI=1S/C22H17N3O4S/c26-17-9-7-15(8-10-17)13-23-24-22-25(14-18-5-3-11-29-18)21(28)20(30-22)12-16-4-1-2-6-19(16)27/h1-13,26-27H,14H2/b20-12-,23-13+,24-22-. The lowest BCUT2D eigenvalue weighted by Crippen LogP contribution is -2.28. The molecule has 4 rings (SSSR count). The first kappa shape index (κ1) is 19.5. The number of amides is 1. The van der Waals surface area contributed by atoms with Crippen molar-refractivity contribution in [2.75, 3.05) is 0 Å². The third kappa shape index (κ3) is 4.44. The van der Waals surface area contributed by atoms with E-state index in [1.807, 2.05) is 0 Å². The number of carbonyl (C=O) groups excluding carboxylic acids is 1. The molecular weight excluding hydrogens is 402 g/mol. The lowest BCUT2D eigenvalue weighted by atomic mass is 10.2. The van der Waals surface area contributed by atoms with Gasteiger partial charge < -0.3 is 14.6 Å². The highest BCUT2D eigenvalue weighted by Crippen LogP contribution is 2.35. The van der Waals surface area contributed by atoms with Gasteiger partial charge in [0, 0.05) is 5.56 Å². The van der Waals surface area contributed by atoms with Gasteiger partial charge in [-0.05, 0) is 65.9 Å². The third-order valence-corrected chi connectivity index (χ3v) is 5.25. The number of aromatic hydroxyl groups is 2. The third-order valence-electron chi connectivity index (χ3n) is 4.25. The molecule has 7 nitrogen and oxygen atoms in total. The SMILES string of the molecule is O=C1/C(=C/c2ccccc2O)S/C(=N\N=C\c2ccc(O)cc2)N1Cc1ccco1. The number of benzene rings is 2. The normalized spacial score (nSPS) is 16.9. The molecule has 3 aromatic rings. The van der Waals surface area contributed by atoms with Gasteiger partial charge in [0.05, 0.1) is 23.9 Å². The molecule has 2 N–H and O–H groups in total. The van der Waals surface area contributed by atoms with Gasteiger partial charge in [0.25, 0.3) is 5.91 Å². The van der Waals surface area contributed by atoms with Crippen LogP contribution in [0.3, 0.4) is 0 Å². The molecule has 2 heterocycles. The molecule has 2 aromatic carbocycles. The van der Waals surface area contributed by atoms with Crippen LogP contribution >= 0.6 is 11.8 Å². The number of amidine groups is 1. The highest BCUT2D eigenvalue weighted by molar-refractivity contribution is 8.18. The maximum Gasteiger partial charge on any atom is 0.267 e. The van der Waals surface area contributed by atoms with Gasteiger partial charge in [0.15, 0.2) is 5.17 Å². The van der Waals surface area contributed by atoms with Gasteiger partial charge in [-0.25, -0.2) is 0 Å². The van der Waals surface area contributed by atoms with Crippen molar-refractivity contribution >= 4 is 35.1 Å². The molecule has 0 aliphatic carbocycles. The lowest BCUT2D eigenvalue weighted by Gasteiger charge is -2.12. The Kier molecular flexibility index (Phi) is 5.67. The topological polar surface area (TPSA) is 98.6 Å². The van der Waals surface area contributed by atoms with Gasteiger partial charge in [-0.3, -0.25) is 9.69 Å². The Morgan fingerprint density at radius 3 is 2.57 bits per heavy atom. The van der Waals surface area contributed by atoms with Gasteiger partial charge in [-0.1, -0.05) is 18.2 Å².